The summed E-state index contributed by atoms with van der Waals surface area (Å²) in [5.74, 6) is 0. The minimum Gasteiger partial charge on any atom is -0.422 e. The molecule has 0 unspecified atom stereocenters. The number of hydrogen-bond donors (Lipinski definition) is 0. The van der Waals surface area contributed by atoms with Crippen LogP contribution in [0.25, 0.3) is 5.41 Å². The summed E-state index contributed by atoms with van der Waals surface area (Å²) in [5.41, 5.74) is 1.32. The Balaban J connectivity index is 0.00000139. The third-order valence-corrected chi connectivity index (χ3v) is 7.19. The van der Waals surface area contributed by atoms with E-state index in [1.807, 2.05) is 20.8 Å². The van der Waals surface area contributed by atoms with E-state index in [9.17, 15) is 0 Å². The number of aryl methyl sites for hydroxylation is 2. The van der Waals surface area contributed by atoms with Crippen LogP contribution in [0, 0.1) is 11.5 Å². The second-order valence-corrected chi connectivity index (χ2v) is 9.03. The van der Waals surface area contributed by atoms with Crippen molar-refractivity contribution >= 4 is 14.8 Å². The van der Waals surface area contributed by atoms with E-state index in [1.165, 1.54) is 43.4 Å². The lowest BCUT2D eigenvalue weighted by Crippen LogP contribution is -2.46. The molecule has 0 aliphatic carbocycles. The van der Waals surface area contributed by atoms with Crippen LogP contribution < -0.4 is 4.57 Å². The van der Waals surface area contributed by atoms with Gasteiger partial charge in [-0.1, -0.05) is 19.8 Å². The molecule has 0 saturated heterocycles. The molecule has 0 fully saturated rings. The first-order valence-electron chi connectivity index (χ1n) is 10.5. The molecule has 7 nitrogen and oxygen atoms in total. The standard InChI is InChI=1S/C19H36NO3Si.C2N3/c1-5-9-10-11-15-20-16-12-19(13-17-20)14-18-24(21-6-2,22-7-3)23-8-4;3-1-5-2-4/h12-13,16-17H,5-11,14-15,18H2,1-4H3;/q+1;-1. The van der Waals surface area contributed by atoms with Crippen molar-refractivity contribution in [1.29, 1.82) is 5.26 Å². The van der Waals surface area contributed by atoms with Crippen LogP contribution in [0.3, 0.4) is 0 Å². The molecule has 1 aromatic heterocycles. The molecule has 0 aliphatic heterocycles. The van der Waals surface area contributed by atoms with Gasteiger partial charge in [0.2, 0.25) is 0 Å². The van der Waals surface area contributed by atoms with Crippen molar-refractivity contribution in [3.05, 3.63) is 35.5 Å². The van der Waals surface area contributed by atoms with E-state index in [0.29, 0.717) is 19.8 Å². The van der Waals surface area contributed by atoms with Gasteiger partial charge in [0.15, 0.2) is 12.4 Å². The topological polar surface area (TPSA) is 90.0 Å². The Hall–Kier alpha value is -1.88. The molecule has 1 heterocycles. The summed E-state index contributed by atoms with van der Waals surface area (Å²) < 4.78 is 20.0. The van der Waals surface area contributed by atoms with Crippen LogP contribution >= 0.6 is 0 Å². The Kier molecular flexibility index (Phi) is 17.0. The van der Waals surface area contributed by atoms with E-state index < -0.39 is 8.80 Å². The summed E-state index contributed by atoms with van der Waals surface area (Å²) in [6.45, 7) is 11.3. The van der Waals surface area contributed by atoms with Crippen LogP contribution in [0.2, 0.25) is 6.04 Å². The highest BCUT2D eigenvalue weighted by Gasteiger charge is 2.39. The maximum Gasteiger partial charge on any atom is 0.501 e. The van der Waals surface area contributed by atoms with Gasteiger partial charge in [-0.15, -0.1) is 6.01 Å². The third-order valence-electron chi connectivity index (χ3n) is 4.14. The second kappa shape index (κ2) is 18.2. The molecule has 0 aromatic carbocycles. The van der Waals surface area contributed by atoms with E-state index in [1.54, 1.807) is 0 Å². The lowest BCUT2D eigenvalue weighted by atomic mass is 10.2. The molecule has 0 saturated carbocycles. The zero-order chi connectivity index (χ0) is 21.8. The Bertz CT molecular complexity index is 596. The van der Waals surface area contributed by atoms with Crippen molar-refractivity contribution in [3.63, 3.8) is 0 Å². The zero-order valence-corrected chi connectivity index (χ0v) is 19.4. The average Bonchev–Trinajstić information content (AvgIpc) is 2.72. The molecule has 0 N–H and O–H groups in total. The number of nitrogens with zero attached hydrogens (tertiary/aromatic N) is 4. The van der Waals surface area contributed by atoms with Gasteiger partial charge in [-0.3, -0.25) is 0 Å². The van der Waals surface area contributed by atoms with Gasteiger partial charge in [-0.2, -0.15) is 5.26 Å². The molecule has 0 amide bonds. The van der Waals surface area contributed by atoms with Crippen molar-refractivity contribution < 1.29 is 17.8 Å². The van der Waals surface area contributed by atoms with Gasteiger partial charge < -0.3 is 23.7 Å². The van der Waals surface area contributed by atoms with Gasteiger partial charge in [-0.05, 0) is 39.2 Å². The van der Waals surface area contributed by atoms with Crippen LogP contribution in [0.1, 0.15) is 58.9 Å². The number of aliphatic imine (C=N–C) groups is 1. The fourth-order valence-corrected chi connectivity index (χ4v) is 5.44. The number of rotatable bonds is 14. The van der Waals surface area contributed by atoms with Crippen LogP contribution in [-0.4, -0.2) is 34.6 Å². The largest absolute Gasteiger partial charge is 0.501 e. The van der Waals surface area contributed by atoms with Crippen LogP contribution in [0.15, 0.2) is 29.5 Å². The minimum absolute atomic E-state index is 0.638. The molecule has 0 radical (unpaired) electrons. The quantitative estimate of drug-likeness (QED) is 0.147. The van der Waals surface area contributed by atoms with Crippen molar-refractivity contribution in [2.45, 2.75) is 72.4 Å². The maximum atomic E-state index is 7.43. The molecule has 0 aliphatic rings. The highest BCUT2D eigenvalue weighted by molar-refractivity contribution is 6.60. The van der Waals surface area contributed by atoms with E-state index in [0.717, 1.165) is 19.0 Å². The highest BCUT2D eigenvalue weighted by atomic mass is 28.4. The highest BCUT2D eigenvalue weighted by Crippen LogP contribution is 2.19. The average molecular weight is 421 g/mol. The number of hydrogen-bond acceptors (Lipinski definition) is 5. The van der Waals surface area contributed by atoms with Gasteiger partial charge in [0.05, 0.1) is 6.19 Å². The normalized spacial score (nSPS) is 10.4. The lowest BCUT2D eigenvalue weighted by molar-refractivity contribution is -0.697. The molecule has 1 rings (SSSR count). The Morgan fingerprint density at radius 3 is 2.00 bits per heavy atom. The fraction of sp³-hybridized carbons (Fsp3) is 0.667. The van der Waals surface area contributed by atoms with Gasteiger partial charge in [-0.25, -0.2) is 4.57 Å². The summed E-state index contributed by atoms with van der Waals surface area (Å²) in [5, 5.41) is 14.9. The van der Waals surface area contributed by atoms with E-state index >= 15 is 0 Å². The van der Waals surface area contributed by atoms with Crippen LogP contribution in [-0.2, 0) is 26.2 Å². The lowest BCUT2D eigenvalue weighted by Gasteiger charge is -2.28. The summed E-state index contributed by atoms with van der Waals surface area (Å²) in [6.07, 6.45) is 11.8. The third kappa shape index (κ3) is 13.1. The number of aromatic nitrogens is 1. The summed E-state index contributed by atoms with van der Waals surface area (Å²) in [6, 6.07) is 6.54. The van der Waals surface area contributed by atoms with Crippen molar-refractivity contribution in [3.8, 4) is 6.19 Å². The number of nitriles is 1. The molecule has 8 heteroatoms. The fourth-order valence-electron chi connectivity index (χ4n) is 2.85. The predicted octanol–water partition coefficient (Wildman–Crippen LogP) is 4.36. The summed E-state index contributed by atoms with van der Waals surface area (Å²) in [7, 11) is -2.53. The first-order chi connectivity index (χ1) is 14.1. The van der Waals surface area contributed by atoms with E-state index in [-0.39, 0.29) is 0 Å². The first kappa shape index (κ1) is 27.1. The van der Waals surface area contributed by atoms with Gasteiger partial charge in [0.25, 0.3) is 0 Å². The number of pyridine rings is 1. The molecule has 1 aromatic rings. The Morgan fingerprint density at radius 1 is 1.00 bits per heavy atom. The van der Waals surface area contributed by atoms with E-state index in [4.69, 9.17) is 23.9 Å². The monoisotopic (exact) mass is 420 g/mol. The zero-order valence-electron chi connectivity index (χ0n) is 18.4. The Labute approximate surface area is 177 Å². The molecular weight excluding hydrogens is 384 g/mol. The predicted molar refractivity (Wildman–Crippen MR) is 116 cm³/mol. The van der Waals surface area contributed by atoms with Gasteiger partial charge >= 0.3 is 8.80 Å². The molecule has 0 atom stereocenters. The summed E-state index contributed by atoms with van der Waals surface area (Å²) >= 11 is 0. The summed E-state index contributed by atoms with van der Waals surface area (Å²) in [4.78, 5) is 2.58. The number of unbranched alkanes of at least 4 members (excludes halogenated alkanes) is 3. The first-order valence-corrected chi connectivity index (χ1v) is 12.4. The van der Waals surface area contributed by atoms with Gasteiger partial charge in [0.1, 0.15) is 6.54 Å². The molecular formula is C21H36N4O3Si. The minimum atomic E-state index is -2.53. The van der Waals surface area contributed by atoms with Crippen LogP contribution in [0.5, 0.6) is 0 Å². The molecule has 29 heavy (non-hydrogen) atoms. The van der Waals surface area contributed by atoms with Crippen molar-refractivity contribution in [2.75, 3.05) is 19.8 Å². The maximum absolute atomic E-state index is 7.43. The SMILES string of the molecule is CCCCCC[n+]1ccc(CC[Si](OCC)(OCC)OCC)cc1.N#CN=C=[N-]. The van der Waals surface area contributed by atoms with Crippen molar-refractivity contribution in [2.24, 2.45) is 4.99 Å². The Morgan fingerprint density at radius 2 is 1.59 bits per heavy atom. The van der Waals surface area contributed by atoms with E-state index in [2.05, 4.69) is 41.0 Å². The van der Waals surface area contributed by atoms with Crippen LogP contribution in [0.4, 0.5) is 0 Å². The van der Waals surface area contributed by atoms with Crippen molar-refractivity contribution in [1.82, 2.24) is 0 Å². The second-order valence-electron chi connectivity index (χ2n) is 6.30. The molecule has 0 spiro atoms. The molecule has 162 valence electrons. The van der Waals surface area contributed by atoms with Gasteiger partial charge in [0, 0.05) is 44.4 Å². The molecule has 0 bridgehead atoms. The smallest absolute Gasteiger partial charge is 0.422 e.